The fourth-order valence-electron chi connectivity index (χ4n) is 4.79. The van der Waals surface area contributed by atoms with Crippen LogP contribution in [0.25, 0.3) is 11.0 Å². The van der Waals surface area contributed by atoms with Gasteiger partial charge in [0.25, 0.3) is 0 Å². The van der Waals surface area contributed by atoms with Gasteiger partial charge in [0.2, 0.25) is 5.88 Å². The quantitative estimate of drug-likeness (QED) is 0.829. The van der Waals surface area contributed by atoms with E-state index in [1.165, 1.54) is 6.20 Å². The molecule has 2 atom stereocenters. The van der Waals surface area contributed by atoms with Gasteiger partial charge in [-0.2, -0.15) is 0 Å². The molecule has 0 unspecified atom stereocenters. The smallest absolute Gasteiger partial charge is 0.214 e. The number of halogens is 1. The molecule has 0 amide bonds. The van der Waals surface area contributed by atoms with E-state index in [1.807, 2.05) is 6.07 Å². The molecule has 6 rings (SSSR count). The molecule has 4 aliphatic rings. The van der Waals surface area contributed by atoms with Crippen molar-refractivity contribution in [2.24, 2.45) is 11.7 Å². The Morgan fingerprint density at radius 2 is 2.07 bits per heavy atom. The summed E-state index contributed by atoms with van der Waals surface area (Å²) in [5.41, 5.74) is 7.82. The summed E-state index contributed by atoms with van der Waals surface area (Å²) in [7, 11) is 0. The summed E-state index contributed by atoms with van der Waals surface area (Å²) in [6.45, 7) is 3.93. The third-order valence-corrected chi connectivity index (χ3v) is 6.96. The van der Waals surface area contributed by atoms with Gasteiger partial charge in [0, 0.05) is 23.1 Å². The van der Waals surface area contributed by atoms with E-state index in [9.17, 15) is 4.39 Å². The Morgan fingerprint density at radius 1 is 1.24 bits per heavy atom. The summed E-state index contributed by atoms with van der Waals surface area (Å²) in [5, 5.41) is 0. The molecule has 0 aromatic carbocycles. The number of aryl methyl sites for hydroxylation is 1. The van der Waals surface area contributed by atoms with Crippen LogP contribution >= 0.6 is 0 Å². The largest absolute Gasteiger partial charge is 0.471 e. The predicted molar refractivity (Wildman–Crippen MR) is 106 cm³/mol. The molecular weight excluding hydrogens is 373 g/mol. The summed E-state index contributed by atoms with van der Waals surface area (Å²) in [5.74, 6) is 0.475. The Morgan fingerprint density at radius 3 is 2.76 bits per heavy atom. The molecule has 2 aromatic rings. The van der Waals surface area contributed by atoms with Gasteiger partial charge in [-0.15, -0.1) is 0 Å². The maximum atomic E-state index is 14.7. The van der Waals surface area contributed by atoms with Gasteiger partial charge in [0.1, 0.15) is 11.9 Å². The number of rotatable bonds is 5. The third kappa shape index (κ3) is 3.60. The number of hydrogen-bond donors (Lipinski definition) is 1. The number of hydrogen-bond acceptors (Lipinski definition) is 6. The van der Waals surface area contributed by atoms with Crippen molar-refractivity contribution in [1.29, 1.82) is 0 Å². The van der Waals surface area contributed by atoms with Gasteiger partial charge in [-0.05, 0) is 44.6 Å². The van der Waals surface area contributed by atoms with Crippen LogP contribution in [0.3, 0.4) is 0 Å². The topological polar surface area (TPSA) is 79.5 Å². The van der Waals surface area contributed by atoms with Crippen LogP contribution < -0.4 is 10.5 Å². The van der Waals surface area contributed by atoms with E-state index >= 15 is 0 Å². The third-order valence-electron chi connectivity index (χ3n) is 6.96. The molecule has 1 saturated carbocycles. The number of ether oxygens (including phenoxy) is 3. The molecule has 3 saturated heterocycles. The van der Waals surface area contributed by atoms with Crippen LogP contribution in [0.1, 0.15) is 44.6 Å². The van der Waals surface area contributed by atoms with E-state index in [4.69, 9.17) is 19.9 Å². The highest BCUT2D eigenvalue weighted by atomic mass is 19.1. The molecule has 7 heteroatoms. The zero-order valence-corrected chi connectivity index (χ0v) is 16.8. The monoisotopic (exact) mass is 401 g/mol. The van der Waals surface area contributed by atoms with Crippen molar-refractivity contribution in [1.82, 2.24) is 9.97 Å². The second kappa shape index (κ2) is 7.15. The molecular formula is C22H28FN3O3. The van der Waals surface area contributed by atoms with Gasteiger partial charge in [-0.3, -0.25) is 4.98 Å². The Labute approximate surface area is 169 Å². The highest BCUT2D eigenvalue weighted by Gasteiger charge is 2.47. The molecule has 156 valence electrons. The van der Waals surface area contributed by atoms with E-state index in [0.717, 1.165) is 32.1 Å². The summed E-state index contributed by atoms with van der Waals surface area (Å²) >= 11 is 0. The average molecular weight is 401 g/mol. The lowest BCUT2D eigenvalue weighted by atomic mass is 9.70. The molecule has 3 aliphatic heterocycles. The van der Waals surface area contributed by atoms with E-state index < -0.39 is 0 Å². The highest BCUT2D eigenvalue weighted by Crippen LogP contribution is 2.45. The predicted octanol–water partition coefficient (Wildman–Crippen LogP) is 3.16. The van der Waals surface area contributed by atoms with E-state index in [1.54, 1.807) is 6.07 Å². The van der Waals surface area contributed by atoms with Crippen LogP contribution in [-0.4, -0.2) is 47.0 Å². The minimum absolute atomic E-state index is 0.0294. The Kier molecular flexibility index (Phi) is 4.72. The lowest BCUT2D eigenvalue weighted by molar-refractivity contribution is -0.156. The van der Waals surface area contributed by atoms with E-state index in [-0.39, 0.29) is 23.1 Å². The van der Waals surface area contributed by atoms with Crippen molar-refractivity contribution < 1.29 is 18.6 Å². The first-order valence-electron chi connectivity index (χ1n) is 10.6. The minimum atomic E-state index is -0.323. The Bertz CT molecular complexity index is 897. The van der Waals surface area contributed by atoms with Gasteiger partial charge in [0.05, 0.1) is 42.7 Å². The molecule has 0 radical (unpaired) electrons. The number of nitrogens with zero attached hydrogens (tertiary/aromatic N) is 2. The maximum absolute atomic E-state index is 14.7. The number of nitrogens with two attached hydrogens (primary N) is 1. The minimum Gasteiger partial charge on any atom is -0.471 e. The zero-order valence-electron chi connectivity index (χ0n) is 16.8. The van der Waals surface area contributed by atoms with Gasteiger partial charge in [-0.25, -0.2) is 9.37 Å². The van der Waals surface area contributed by atoms with Crippen molar-refractivity contribution in [3.8, 4) is 5.88 Å². The van der Waals surface area contributed by atoms with Gasteiger partial charge < -0.3 is 19.9 Å². The first-order chi connectivity index (χ1) is 14.0. The normalized spacial score (nSPS) is 34.0. The fraction of sp³-hybridized carbons (Fsp3) is 0.636. The SMILES string of the molecule is C[C@H]1COC[C@@H]1Oc1ccc2ncc(F)c(CCC34CCC(N)(CC3)CO4)c2n1. The van der Waals surface area contributed by atoms with Crippen molar-refractivity contribution >= 4 is 11.0 Å². The molecule has 2 bridgehead atoms. The lowest BCUT2D eigenvalue weighted by Gasteiger charge is -2.51. The summed E-state index contributed by atoms with van der Waals surface area (Å²) in [6, 6.07) is 3.65. The molecule has 29 heavy (non-hydrogen) atoms. The molecule has 5 heterocycles. The van der Waals surface area contributed by atoms with Gasteiger partial charge in [-0.1, -0.05) is 6.92 Å². The number of aromatic nitrogens is 2. The lowest BCUT2D eigenvalue weighted by Crippen LogP contribution is -2.59. The average Bonchev–Trinajstić information content (AvgIpc) is 3.13. The standard InChI is InChI=1S/C22H28FN3O3/c1-14-11-27-12-18(14)29-19-3-2-17-20(26-19)15(16(23)10-25-17)4-5-22-8-6-21(24,7-9-22)13-28-22/h2-3,10,14,18H,4-9,11-13,24H2,1H3/t14-,18-,21?,22?/m0/s1. The number of fused-ring (bicyclic) bond motifs is 4. The molecule has 2 N–H and O–H groups in total. The highest BCUT2D eigenvalue weighted by molar-refractivity contribution is 5.78. The summed E-state index contributed by atoms with van der Waals surface area (Å²) in [6.07, 6.45) is 6.41. The Hall–Kier alpha value is -1.83. The van der Waals surface area contributed by atoms with Crippen molar-refractivity contribution in [2.45, 2.75) is 62.7 Å². The number of pyridine rings is 2. The molecule has 2 aromatic heterocycles. The van der Waals surface area contributed by atoms with Crippen LogP contribution in [0.15, 0.2) is 18.3 Å². The van der Waals surface area contributed by atoms with E-state index in [2.05, 4.69) is 16.9 Å². The van der Waals surface area contributed by atoms with Gasteiger partial charge >= 0.3 is 0 Å². The van der Waals surface area contributed by atoms with Crippen LogP contribution in [0, 0.1) is 11.7 Å². The van der Waals surface area contributed by atoms with E-state index in [0.29, 0.717) is 54.6 Å². The van der Waals surface area contributed by atoms with Crippen LogP contribution in [0.4, 0.5) is 4.39 Å². The molecule has 6 nitrogen and oxygen atoms in total. The van der Waals surface area contributed by atoms with Gasteiger partial charge in [0.15, 0.2) is 0 Å². The molecule has 0 spiro atoms. The first kappa shape index (κ1) is 19.2. The molecule has 1 aliphatic carbocycles. The van der Waals surface area contributed by atoms with Crippen molar-refractivity contribution in [3.63, 3.8) is 0 Å². The maximum Gasteiger partial charge on any atom is 0.214 e. The van der Waals surface area contributed by atoms with Crippen LogP contribution in [0.2, 0.25) is 0 Å². The second-order valence-corrected chi connectivity index (χ2v) is 9.11. The Balaban J connectivity index is 1.39. The second-order valence-electron chi connectivity index (χ2n) is 9.11. The summed E-state index contributed by atoms with van der Waals surface area (Å²) < 4.78 is 32.4. The zero-order chi connectivity index (χ0) is 20.1. The van der Waals surface area contributed by atoms with Crippen molar-refractivity contribution in [2.75, 3.05) is 19.8 Å². The van der Waals surface area contributed by atoms with Crippen LogP contribution in [0.5, 0.6) is 5.88 Å². The van der Waals surface area contributed by atoms with Crippen molar-refractivity contribution in [3.05, 3.63) is 29.7 Å². The first-order valence-corrected chi connectivity index (χ1v) is 10.6. The summed E-state index contributed by atoms with van der Waals surface area (Å²) in [4.78, 5) is 8.84. The van der Waals surface area contributed by atoms with Crippen LogP contribution in [-0.2, 0) is 15.9 Å². The molecule has 4 fully saturated rings. The fourth-order valence-corrected chi connectivity index (χ4v) is 4.79.